The largest absolute Gasteiger partial charge is 0.309 e. The topological polar surface area (TPSA) is 29.9 Å². The van der Waals surface area contributed by atoms with Gasteiger partial charge in [0, 0.05) is 9.61 Å². The van der Waals surface area contributed by atoms with Gasteiger partial charge in [-0.2, -0.15) is 0 Å². The summed E-state index contributed by atoms with van der Waals surface area (Å²) in [5.41, 5.74) is 2.20. The summed E-state index contributed by atoms with van der Waals surface area (Å²) in [7, 11) is 0. The van der Waals surface area contributed by atoms with Crippen LogP contribution in [0.3, 0.4) is 0 Å². The van der Waals surface area contributed by atoms with Gasteiger partial charge in [-0.05, 0) is 60.2 Å². The number of benzene rings is 1. The van der Waals surface area contributed by atoms with E-state index in [0.717, 1.165) is 27.2 Å². The summed E-state index contributed by atoms with van der Waals surface area (Å²) in [6.07, 6.45) is 7.48. The lowest BCUT2D eigenvalue weighted by Crippen LogP contribution is -2.28. The fourth-order valence-corrected chi connectivity index (χ4v) is 3.49. The first kappa shape index (κ1) is 13.4. The second kappa shape index (κ2) is 5.81. The van der Waals surface area contributed by atoms with Gasteiger partial charge < -0.3 is 9.88 Å². The number of imidazole rings is 1. The highest BCUT2D eigenvalue weighted by Crippen LogP contribution is 2.28. The van der Waals surface area contributed by atoms with Gasteiger partial charge in [0.2, 0.25) is 0 Å². The Labute approximate surface area is 131 Å². The minimum Gasteiger partial charge on any atom is -0.309 e. The molecule has 5 heteroatoms. The third-order valence-corrected chi connectivity index (χ3v) is 4.48. The van der Waals surface area contributed by atoms with Crippen LogP contribution in [0.25, 0.3) is 5.69 Å². The molecule has 1 aliphatic rings. The second-order valence-electron chi connectivity index (χ2n) is 4.79. The molecule has 0 amide bonds. The van der Waals surface area contributed by atoms with Crippen LogP contribution in [0.5, 0.6) is 0 Å². The lowest BCUT2D eigenvalue weighted by molar-refractivity contribution is 0.402. The normalized spacial score (nSPS) is 19.6. The highest BCUT2D eigenvalue weighted by Gasteiger charge is 2.19. The van der Waals surface area contributed by atoms with Gasteiger partial charge in [0.25, 0.3) is 0 Å². The molecule has 3 rings (SSSR count). The second-order valence-corrected chi connectivity index (χ2v) is 6.44. The fraction of sp³-hybridized carbons (Fsp3) is 0.357. The molecular weight excluding hydrogens is 373 g/mol. The van der Waals surface area contributed by atoms with Gasteiger partial charge in [0.15, 0.2) is 0 Å². The maximum atomic E-state index is 6.36. The van der Waals surface area contributed by atoms with E-state index in [2.05, 4.69) is 49.6 Å². The van der Waals surface area contributed by atoms with Gasteiger partial charge >= 0.3 is 0 Å². The maximum Gasteiger partial charge on any atom is 0.0995 e. The van der Waals surface area contributed by atoms with Crippen molar-refractivity contribution in [1.29, 1.82) is 0 Å². The summed E-state index contributed by atoms with van der Waals surface area (Å²) in [6, 6.07) is 6.49. The van der Waals surface area contributed by atoms with Gasteiger partial charge in [0.1, 0.15) is 0 Å². The maximum absolute atomic E-state index is 6.36. The Bertz CT molecular complexity index is 576. The van der Waals surface area contributed by atoms with E-state index < -0.39 is 0 Å². The van der Waals surface area contributed by atoms with E-state index in [1.807, 2.05) is 18.6 Å². The number of nitrogens with one attached hydrogen (secondary N) is 1. The van der Waals surface area contributed by atoms with Crippen LogP contribution in [0.15, 0.2) is 30.7 Å². The average molecular weight is 388 g/mol. The Hall–Kier alpha value is -0.590. The summed E-state index contributed by atoms with van der Waals surface area (Å²) in [6.45, 7) is 1.08. The third-order valence-electron chi connectivity index (χ3n) is 3.50. The lowest BCUT2D eigenvalue weighted by atomic mass is 10.0. The Morgan fingerprint density at radius 2 is 2.26 bits per heavy atom. The van der Waals surface area contributed by atoms with Gasteiger partial charge in [-0.3, -0.25) is 0 Å². The van der Waals surface area contributed by atoms with Gasteiger partial charge in [-0.25, -0.2) is 4.98 Å². The number of aromatic nitrogens is 2. The molecule has 0 saturated carbocycles. The molecule has 1 aromatic carbocycles. The monoisotopic (exact) mass is 387 g/mol. The van der Waals surface area contributed by atoms with Crippen molar-refractivity contribution in [3.63, 3.8) is 0 Å². The van der Waals surface area contributed by atoms with Crippen LogP contribution in [0.4, 0.5) is 0 Å². The highest BCUT2D eigenvalue weighted by atomic mass is 127. The van der Waals surface area contributed by atoms with Crippen molar-refractivity contribution in [3.8, 4) is 5.69 Å². The quantitative estimate of drug-likeness (QED) is 0.791. The van der Waals surface area contributed by atoms with Crippen LogP contribution in [0.1, 0.15) is 31.0 Å². The van der Waals surface area contributed by atoms with E-state index in [1.54, 1.807) is 0 Å². The average Bonchev–Trinajstić information content (AvgIpc) is 2.89. The van der Waals surface area contributed by atoms with Crippen molar-refractivity contribution >= 4 is 34.2 Å². The molecule has 19 heavy (non-hydrogen) atoms. The summed E-state index contributed by atoms with van der Waals surface area (Å²) in [4.78, 5) is 4.30. The molecule has 1 aliphatic heterocycles. The first-order valence-electron chi connectivity index (χ1n) is 6.47. The van der Waals surface area contributed by atoms with Gasteiger partial charge in [-0.15, -0.1) is 0 Å². The van der Waals surface area contributed by atoms with Gasteiger partial charge in [0.05, 0.1) is 28.9 Å². The van der Waals surface area contributed by atoms with Crippen LogP contribution in [-0.2, 0) is 0 Å². The van der Waals surface area contributed by atoms with Crippen LogP contribution in [0, 0.1) is 3.57 Å². The molecule has 1 aromatic heterocycles. The van der Waals surface area contributed by atoms with Crippen molar-refractivity contribution in [3.05, 3.63) is 45.0 Å². The molecule has 1 saturated heterocycles. The molecule has 1 unspecified atom stereocenters. The molecule has 3 nitrogen and oxygen atoms in total. The van der Waals surface area contributed by atoms with E-state index in [4.69, 9.17) is 11.6 Å². The Morgan fingerprint density at radius 3 is 3.00 bits per heavy atom. The highest BCUT2D eigenvalue weighted by molar-refractivity contribution is 14.1. The smallest absolute Gasteiger partial charge is 0.0995 e. The predicted molar refractivity (Wildman–Crippen MR) is 85.9 cm³/mol. The standard InChI is InChI=1S/C14H15ClIN3/c15-11-7-10(16)4-5-13(11)19-9-17-8-14(19)12-3-1-2-6-18-12/h4-5,7-9,12,18H,1-3,6H2. The number of piperidine rings is 1. The fourth-order valence-electron chi connectivity index (χ4n) is 2.55. The minimum absolute atomic E-state index is 0.381. The summed E-state index contributed by atoms with van der Waals surface area (Å²) in [5, 5.41) is 4.32. The van der Waals surface area contributed by atoms with Crippen molar-refractivity contribution in [2.45, 2.75) is 25.3 Å². The molecule has 0 aliphatic carbocycles. The predicted octanol–water partition coefficient (Wildman–Crippen LogP) is 3.94. The van der Waals surface area contributed by atoms with Crippen molar-refractivity contribution < 1.29 is 0 Å². The van der Waals surface area contributed by atoms with Crippen molar-refractivity contribution in [2.75, 3.05) is 6.54 Å². The molecule has 2 heterocycles. The molecular formula is C14H15ClIN3. The number of hydrogen-bond donors (Lipinski definition) is 1. The Kier molecular flexibility index (Phi) is 4.10. The Balaban J connectivity index is 1.99. The number of rotatable bonds is 2. The molecule has 1 atom stereocenters. The zero-order chi connectivity index (χ0) is 13.2. The minimum atomic E-state index is 0.381. The first-order valence-corrected chi connectivity index (χ1v) is 7.92. The van der Waals surface area contributed by atoms with Crippen molar-refractivity contribution in [1.82, 2.24) is 14.9 Å². The summed E-state index contributed by atoms with van der Waals surface area (Å²) < 4.78 is 3.24. The molecule has 0 spiro atoms. The van der Waals surface area contributed by atoms with Crippen LogP contribution < -0.4 is 5.32 Å². The van der Waals surface area contributed by atoms with Crippen molar-refractivity contribution in [2.24, 2.45) is 0 Å². The zero-order valence-electron chi connectivity index (χ0n) is 10.4. The summed E-state index contributed by atoms with van der Waals surface area (Å²) >= 11 is 8.63. The summed E-state index contributed by atoms with van der Waals surface area (Å²) in [5.74, 6) is 0. The van der Waals surface area contributed by atoms with Crippen LogP contribution in [0.2, 0.25) is 5.02 Å². The van der Waals surface area contributed by atoms with Crippen LogP contribution in [-0.4, -0.2) is 16.1 Å². The van der Waals surface area contributed by atoms with Gasteiger partial charge in [-0.1, -0.05) is 18.0 Å². The van der Waals surface area contributed by atoms with E-state index >= 15 is 0 Å². The van der Waals surface area contributed by atoms with E-state index in [1.165, 1.54) is 18.5 Å². The zero-order valence-corrected chi connectivity index (χ0v) is 13.4. The Morgan fingerprint density at radius 1 is 1.37 bits per heavy atom. The number of halogens is 2. The lowest BCUT2D eigenvalue weighted by Gasteiger charge is -2.24. The van der Waals surface area contributed by atoms with Crippen LogP contribution >= 0.6 is 34.2 Å². The molecule has 0 bridgehead atoms. The molecule has 0 radical (unpaired) electrons. The SMILES string of the molecule is Clc1cc(I)ccc1-n1cncc1C1CCCCN1. The molecule has 2 aromatic rings. The molecule has 1 N–H and O–H groups in total. The number of hydrogen-bond acceptors (Lipinski definition) is 2. The van der Waals surface area contributed by atoms with E-state index in [9.17, 15) is 0 Å². The van der Waals surface area contributed by atoms with E-state index in [0.29, 0.717) is 6.04 Å². The number of nitrogens with zero attached hydrogens (tertiary/aromatic N) is 2. The molecule has 1 fully saturated rings. The van der Waals surface area contributed by atoms with E-state index in [-0.39, 0.29) is 0 Å². The molecule has 100 valence electrons. The third kappa shape index (κ3) is 2.80. The first-order chi connectivity index (χ1) is 9.25.